The molecular weight excluding hydrogens is 986 g/mol. The Labute approximate surface area is 381 Å². The third-order valence-electron chi connectivity index (χ3n) is 8.84. The number of rotatable bonds is 8. The quantitative estimate of drug-likeness (QED) is 0.109. The monoisotopic (exact) mass is 1020 g/mol. The fourth-order valence-electron chi connectivity index (χ4n) is 5.65. The second-order valence-corrected chi connectivity index (χ2v) is 13.7. The maximum Gasteiger partial charge on any atom is 2.00 e. The summed E-state index contributed by atoms with van der Waals surface area (Å²) < 4.78 is 148. The van der Waals surface area contributed by atoms with E-state index >= 15 is 0 Å². The number of hydrogen-bond acceptors (Lipinski definition) is 9. The second kappa shape index (κ2) is 22.4. The van der Waals surface area contributed by atoms with Crippen LogP contribution in [-0.4, -0.2) is 49.0 Å². The Morgan fingerprint density at radius 3 is 1.17 bits per heavy atom. The Morgan fingerprint density at radius 1 is 0.439 bits per heavy atom. The SMILES string of the molecule is CN(Cc1ccnc(-c2ccccn2)c1)Cc1ccccc1B([O-])[O-].FC(F)(F)c1ccc(-c2ccc(C(F)(F)F)cn2)nc1.FC(F)(F)c1ccc(-c2ccc(C(F)(F)F)cn2)nc1.[Ru+2]. The van der Waals surface area contributed by atoms with Crippen molar-refractivity contribution in [3.05, 3.63) is 174 Å². The molecule has 6 aromatic heterocycles. The molecule has 7 aromatic rings. The smallest absolute Gasteiger partial charge is 0.889 e. The van der Waals surface area contributed by atoms with Crippen molar-refractivity contribution in [2.24, 2.45) is 0 Å². The van der Waals surface area contributed by atoms with Crippen molar-refractivity contribution in [1.29, 1.82) is 0 Å². The van der Waals surface area contributed by atoms with Crippen molar-refractivity contribution >= 4 is 12.6 Å². The van der Waals surface area contributed by atoms with Crippen molar-refractivity contribution in [3.63, 3.8) is 0 Å². The molecule has 0 radical (unpaired) electrons. The molecule has 0 saturated heterocycles. The molecule has 66 heavy (non-hydrogen) atoms. The molecule has 344 valence electrons. The minimum atomic E-state index is -4.51. The first-order chi connectivity index (χ1) is 30.5. The molecule has 0 fully saturated rings. The first-order valence-electron chi connectivity index (χ1n) is 18.6. The van der Waals surface area contributed by atoms with Gasteiger partial charge in [0.05, 0.1) is 56.4 Å². The van der Waals surface area contributed by atoms with Gasteiger partial charge in [-0.15, -0.1) is 5.46 Å². The molecule has 23 heteroatoms. The number of alkyl halides is 12. The third kappa shape index (κ3) is 15.2. The molecule has 1 aromatic carbocycles. The van der Waals surface area contributed by atoms with Gasteiger partial charge in [-0.3, -0.25) is 34.8 Å². The number of nitrogens with zero attached hydrogens (tertiary/aromatic N) is 7. The first-order valence-corrected chi connectivity index (χ1v) is 18.6. The standard InChI is InChI=1S/C19H18BN3O2.2C12H6F6N2.Ru/c1-23(14-16-6-2-3-7-17(16)20(24)25)13-15-9-11-22-19(12-15)18-8-4-5-10-21-18;2*13-11(14,15)7-1-3-9(19-5-7)10-4-2-8(6-20-10)12(16,17)18;/h2-12H,13-14H2,1H3;2*1-6H;/q-2;;;+2. The van der Waals surface area contributed by atoms with Crippen LogP contribution in [0.5, 0.6) is 0 Å². The zero-order valence-corrected chi connectivity index (χ0v) is 35.3. The Morgan fingerprint density at radius 2 is 0.818 bits per heavy atom. The van der Waals surface area contributed by atoms with Gasteiger partial charge < -0.3 is 10.0 Å². The van der Waals surface area contributed by atoms with E-state index in [4.69, 9.17) is 0 Å². The zero-order chi connectivity index (χ0) is 47.6. The summed E-state index contributed by atoms with van der Waals surface area (Å²) >= 11 is 0. The normalized spacial score (nSPS) is 11.7. The van der Waals surface area contributed by atoms with Crippen molar-refractivity contribution < 1.29 is 82.2 Å². The Kier molecular flexibility index (Phi) is 17.8. The number of pyridine rings is 6. The second-order valence-electron chi connectivity index (χ2n) is 13.7. The molecule has 6 heterocycles. The van der Waals surface area contributed by atoms with Crippen LogP contribution in [0.3, 0.4) is 0 Å². The van der Waals surface area contributed by atoms with E-state index in [-0.39, 0.29) is 42.3 Å². The van der Waals surface area contributed by atoms with Gasteiger partial charge >= 0.3 is 44.2 Å². The molecule has 0 atom stereocenters. The van der Waals surface area contributed by atoms with Gasteiger partial charge in [0.2, 0.25) is 0 Å². The predicted octanol–water partition coefficient (Wildman–Crippen LogP) is 8.55. The molecular formula is C43H30BF12N7O2Ru. The van der Waals surface area contributed by atoms with Crippen LogP contribution in [0.4, 0.5) is 52.7 Å². The van der Waals surface area contributed by atoms with Gasteiger partial charge in [-0.2, -0.15) is 52.7 Å². The average Bonchev–Trinajstić information content (AvgIpc) is 3.26. The van der Waals surface area contributed by atoms with Gasteiger partial charge in [-0.1, -0.05) is 37.5 Å². The summed E-state index contributed by atoms with van der Waals surface area (Å²) in [6.45, 7) is 1.22. The molecule has 0 bridgehead atoms. The van der Waals surface area contributed by atoms with Crippen LogP contribution in [0, 0.1) is 0 Å². The van der Waals surface area contributed by atoms with Crippen molar-refractivity contribution in [1.82, 2.24) is 34.8 Å². The van der Waals surface area contributed by atoms with Crippen LogP contribution in [0.15, 0.2) is 140 Å². The molecule has 0 N–H and O–H groups in total. The van der Waals surface area contributed by atoms with E-state index < -0.39 is 54.1 Å². The summed E-state index contributed by atoms with van der Waals surface area (Å²) in [6.07, 6.45) is -12.1. The van der Waals surface area contributed by atoms with Crippen molar-refractivity contribution in [2.75, 3.05) is 7.05 Å². The van der Waals surface area contributed by atoms with Crippen LogP contribution >= 0.6 is 0 Å². The largest absolute Gasteiger partial charge is 2.00 e. The molecule has 0 unspecified atom stereocenters. The average molecular weight is 1020 g/mol. The molecule has 0 aliphatic rings. The fraction of sp³-hybridized carbons (Fsp3) is 0.163. The molecule has 0 spiro atoms. The summed E-state index contributed by atoms with van der Waals surface area (Å²) in [5.74, 6) is 0. The number of aromatic nitrogens is 6. The van der Waals surface area contributed by atoms with Gasteiger partial charge in [-0.05, 0) is 91.0 Å². The molecule has 7 rings (SSSR count). The van der Waals surface area contributed by atoms with E-state index in [1.54, 1.807) is 24.5 Å². The van der Waals surface area contributed by atoms with Gasteiger partial charge in [0.1, 0.15) is 0 Å². The number of hydrogen-bond donors (Lipinski definition) is 0. The summed E-state index contributed by atoms with van der Waals surface area (Å²) in [5.41, 5.74) is 0.345. The van der Waals surface area contributed by atoms with Crippen LogP contribution in [0.25, 0.3) is 34.2 Å². The Bertz CT molecular complexity index is 2360. The van der Waals surface area contributed by atoms with Crippen molar-refractivity contribution in [2.45, 2.75) is 37.8 Å². The van der Waals surface area contributed by atoms with Crippen LogP contribution in [0.1, 0.15) is 33.4 Å². The third-order valence-corrected chi connectivity index (χ3v) is 8.84. The summed E-state index contributed by atoms with van der Waals surface area (Å²) in [5, 5.41) is 22.6. The van der Waals surface area contributed by atoms with Gasteiger partial charge in [0.15, 0.2) is 0 Å². The van der Waals surface area contributed by atoms with Crippen LogP contribution in [-0.2, 0) is 57.3 Å². The van der Waals surface area contributed by atoms with Gasteiger partial charge in [0.25, 0.3) is 0 Å². The molecule has 0 saturated carbocycles. The molecule has 0 aliphatic carbocycles. The minimum absolute atomic E-state index is 0. The Balaban J connectivity index is 0.000000217. The molecule has 0 aliphatic heterocycles. The summed E-state index contributed by atoms with van der Waals surface area (Å²) in [4.78, 5) is 24.9. The molecule has 9 nitrogen and oxygen atoms in total. The Hall–Kier alpha value is -6.15. The topological polar surface area (TPSA) is 127 Å². The van der Waals surface area contributed by atoms with Crippen LogP contribution in [0.2, 0.25) is 0 Å². The number of halogens is 12. The first kappa shape index (κ1) is 52.5. The van der Waals surface area contributed by atoms with Gasteiger partial charge in [-0.25, -0.2) is 0 Å². The van der Waals surface area contributed by atoms with Gasteiger partial charge in [0, 0.05) is 50.3 Å². The summed E-state index contributed by atoms with van der Waals surface area (Å²) in [6, 6.07) is 24.1. The predicted molar refractivity (Wildman–Crippen MR) is 209 cm³/mol. The van der Waals surface area contributed by atoms with E-state index in [1.165, 1.54) is 0 Å². The minimum Gasteiger partial charge on any atom is -0.889 e. The van der Waals surface area contributed by atoms with E-state index in [9.17, 15) is 62.7 Å². The zero-order valence-electron chi connectivity index (χ0n) is 33.6. The van der Waals surface area contributed by atoms with E-state index in [2.05, 4.69) is 34.8 Å². The number of benzene rings is 1. The maximum atomic E-state index is 12.3. The maximum absolute atomic E-state index is 12.3. The van der Waals surface area contributed by atoms with E-state index in [1.807, 2.05) is 49.5 Å². The van der Waals surface area contributed by atoms with E-state index in [0.717, 1.165) is 71.0 Å². The summed E-state index contributed by atoms with van der Waals surface area (Å²) in [7, 11) is 0.00343. The molecule has 0 amide bonds. The van der Waals surface area contributed by atoms with Crippen LogP contribution < -0.4 is 15.5 Å². The fourth-order valence-corrected chi connectivity index (χ4v) is 5.65. The van der Waals surface area contributed by atoms with Crippen molar-refractivity contribution in [3.8, 4) is 34.2 Å². The van der Waals surface area contributed by atoms with E-state index in [0.29, 0.717) is 43.3 Å².